The van der Waals surface area contributed by atoms with Gasteiger partial charge in [0.25, 0.3) is 0 Å². The minimum Gasteiger partial charge on any atom is -0.310 e. The van der Waals surface area contributed by atoms with Gasteiger partial charge in [0.15, 0.2) is 0 Å². The van der Waals surface area contributed by atoms with Crippen LogP contribution in [0.4, 0.5) is 17.1 Å². The molecule has 64 heavy (non-hydrogen) atoms. The number of para-hydroxylation sites is 3. The number of rotatable bonds is 8. The minimum absolute atomic E-state index is 1.09. The summed E-state index contributed by atoms with van der Waals surface area (Å²) >= 11 is 0. The summed E-state index contributed by atoms with van der Waals surface area (Å²) in [6.07, 6.45) is 0. The molecule has 0 saturated carbocycles. The van der Waals surface area contributed by atoms with Gasteiger partial charge in [-0.1, -0.05) is 188 Å². The molecule has 0 saturated heterocycles. The third-order valence-corrected chi connectivity index (χ3v) is 12.8. The van der Waals surface area contributed by atoms with E-state index in [1.807, 2.05) is 0 Å². The molecule has 12 rings (SSSR count). The van der Waals surface area contributed by atoms with Gasteiger partial charge in [-0.15, -0.1) is 0 Å². The number of hydrogen-bond donors (Lipinski definition) is 0. The second-order valence-corrected chi connectivity index (χ2v) is 16.6. The zero-order valence-corrected chi connectivity index (χ0v) is 35.1. The van der Waals surface area contributed by atoms with E-state index in [1.54, 1.807) is 0 Å². The highest BCUT2D eigenvalue weighted by Crippen LogP contribution is 2.40. The smallest absolute Gasteiger partial charge is 0.0541 e. The summed E-state index contributed by atoms with van der Waals surface area (Å²) in [6, 6.07) is 92.7. The second kappa shape index (κ2) is 15.8. The van der Waals surface area contributed by atoms with Gasteiger partial charge in [0.05, 0.1) is 16.7 Å². The molecule has 300 valence electrons. The van der Waals surface area contributed by atoms with Gasteiger partial charge in [0.1, 0.15) is 0 Å². The maximum Gasteiger partial charge on any atom is 0.0541 e. The lowest BCUT2D eigenvalue weighted by Gasteiger charge is -2.26. The summed E-state index contributed by atoms with van der Waals surface area (Å²) in [5, 5.41) is 7.51. The number of nitrogens with zero attached hydrogens (tertiary/aromatic N) is 2. The molecule has 2 nitrogen and oxygen atoms in total. The fraction of sp³-hybridized carbons (Fsp3) is 0. The number of hydrogen-bond acceptors (Lipinski definition) is 1. The highest BCUT2D eigenvalue weighted by Gasteiger charge is 2.17. The molecule has 0 N–H and O–H groups in total. The second-order valence-electron chi connectivity index (χ2n) is 16.6. The van der Waals surface area contributed by atoms with Gasteiger partial charge in [0, 0.05) is 33.4 Å². The average Bonchev–Trinajstić information content (AvgIpc) is 3.71. The molecule has 2 heteroatoms. The first-order valence-electron chi connectivity index (χ1n) is 22.0. The molecule has 0 amide bonds. The van der Waals surface area contributed by atoms with Crippen molar-refractivity contribution in [2.75, 3.05) is 4.90 Å². The Labute approximate surface area is 373 Å². The molecule has 0 bridgehead atoms. The van der Waals surface area contributed by atoms with Gasteiger partial charge >= 0.3 is 0 Å². The minimum atomic E-state index is 1.09. The lowest BCUT2D eigenvalue weighted by atomic mass is 9.98. The van der Waals surface area contributed by atoms with Gasteiger partial charge in [-0.05, 0) is 127 Å². The Kier molecular flexibility index (Phi) is 9.20. The lowest BCUT2D eigenvalue weighted by molar-refractivity contribution is 1.18. The van der Waals surface area contributed by atoms with E-state index in [2.05, 4.69) is 264 Å². The van der Waals surface area contributed by atoms with E-state index in [-0.39, 0.29) is 0 Å². The molecular weight excluding hydrogens is 773 g/mol. The summed E-state index contributed by atoms with van der Waals surface area (Å²) in [4.78, 5) is 2.37. The third kappa shape index (κ3) is 6.70. The summed E-state index contributed by atoms with van der Waals surface area (Å²) < 4.78 is 2.41. The van der Waals surface area contributed by atoms with Crippen molar-refractivity contribution in [3.63, 3.8) is 0 Å². The van der Waals surface area contributed by atoms with E-state index < -0.39 is 0 Å². The number of fused-ring (bicyclic) bond motifs is 5. The molecule has 0 atom stereocenters. The fourth-order valence-corrected chi connectivity index (χ4v) is 9.55. The van der Waals surface area contributed by atoms with Crippen LogP contribution in [0.1, 0.15) is 0 Å². The van der Waals surface area contributed by atoms with E-state index in [4.69, 9.17) is 0 Å². The number of benzene rings is 11. The first-order chi connectivity index (χ1) is 31.7. The first kappa shape index (κ1) is 37.3. The topological polar surface area (TPSA) is 8.17 Å². The molecule has 12 aromatic rings. The highest BCUT2D eigenvalue weighted by molar-refractivity contribution is 6.09. The molecule has 11 aromatic carbocycles. The summed E-state index contributed by atoms with van der Waals surface area (Å²) in [7, 11) is 0. The largest absolute Gasteiger partial charge is 0.310 e. The highest BCUT2D eigenvalue weighted by atomic mass is 15.1. The van der Waals surface area contributed by atoms with Crippen molar-refractivity contribution in [2.24, 2.45) is 0 Å². The summed E-state index contributed by atoms with van der Waals surface area (Å²) in [5.74, 6) is 0. The van der Waals surface area contributed by atoms with E-state index in [1.165, 1.54) is 93.5 Å². The molecule has 0 unspecified atom stereocenters. The summed E-state index contributed by atoms with van der Waals surface area (Å²) in [5.41, 5.74) is 16.4. The van der Waals surface area contributed by atoms with Gasteiger partial charge in [-0.2, -0.15) is 0 Å². The van der Waals surface area contributed by atoms with Crippen molar-refractivity contribution >= 4 is 60.4 Å². The maximum absolute atomic E-state index is 2.41. The van der Waals surface area contributed by atoms with Crippen molar-refractivity contribution in [1.29, 1.82) is 0 Å². The third-order valence-electron chi connectivity index (χ3n) is 12.8. The zero-order valence-electron chi connectivity index (χ0n) is 35.1. The van der Waals surface area contributed by atoms with Crippen LogP contribution in [0.5, 0.6) is 0 Å². The predicted octanol–water partition coefficient (Wildman–Crippen LogP) is 17.2. The van der Waals surface area contributed by atoms with E-state index in [0.29, 0.717) is 0 Å². The lowest BCUT2D eigenvalue weighted by Crippen LogP contribution is -2.10. The Hall–Kier alpha value is -8.46. The van der Waals surface area contributed by atoms with Gasteiger partial charge < -0.3 is 9.47 Å². The molecule has 0 aliphatic rings. The normalized spacial score (nSPS) is 11.4. The maximum atomic E-state index is 2.41. The van der Waals surface area contributed by atoms with Crippen LogP contribution in [0.25, 0.3) is 93.5 Å². The Morgan fingerprint density at radius 2 is 0.672 bits per heavy atom. The van der Waals surface area contributed by atoms with Crippen LogP contribution in [0.2, 0.25) is 0 Å². The number of anilines is 3. The monoisotopic (exact) mass is 814 g/mol. The van der Waals surface area contributed by atoms with Gasteiger partial charge in [0.2, 0.25) is 0 Å². The quantitative estimate of drug-likeness (QED) is 0.148. The van der Waals surface area contributed by atoms with Gasteiger partial charge in [-0.3, -0.25) is 0 Å². The Morgan fingerprint density at radius 1 is 0.250 bits per heavy atom. The van der Waals surface area contributed by atoms with Crippen molar-refractivity contribution in [3.05, 3.63) is 255 Å². The van der Waals surface area contributed by atoms with E-state index in [0.717, 1.165) is 17.1 Å². The fourth-order valence-electron chi connectivity index (χ4n) is 9.55. The predicted molar refractivity (Wildman–Crippen MR) is 272 cm³/mol. The molecule has 0 aliphatic heterocycles. The zero-order chi connectivity index (χ0) is 42.4. The first-order valence-corrected chi connectivity index (χ1v) is 22.0. The SMILES string of the molecule is c1cc(-c2ccc3ccccc3c2)cc(N(c2ccc(-c3ccc(-c4ccccc4-n4c5ccccc5c5ccccc54)cc3)cc2)c2ccc(-c3ccc4ccccc4c3)cc2)c1. The van der Waals surface area contributed by atoms with Crippen LogP contribution < -0.4 is 4.90 Å². The van der Waals surface area contributed by atoms with Crippen molar-refractivity contribution in [1.82, 2.24) is 4.57 Å². The Balaban J connectivity index is 0.894. The van der Waals surface area contributed by atoms with Crippen molar-refractivity contribution < 1.29 is 0 Å². The standard InChI is InChI=1S/C62H42N2/c1-3-14-49-40-52(30-26-43(49)12-1)47-34-38-55(39-35-47)63(56-17-11-16-51(42-56)53-31-27-44-13-2-4-15-50(44)41-53)54-36-32-46(33-37-54)45-24-28-48(29-25-45)57-18-5-8-21-60(57)64-61-22-9-6-19-58(61)59-20-7-10-23-62(59)64/h1-42H. The molecular formula is C62H42N2. The molecule has 1 aromatic heterocycles. The molecule has 0 aliphatic carbocycles. The Morgan fingerprint density at radius 3 is 1.27 bits per heavy atom. The van der Waals surface area contributed by atoms with Crippen molar-refractivity contribution in [3.8, 4) is 50.2 Å². The van der Waals surface area contributed by atoms with E-state index >= 15 is 0 Å². The van der Waals surface area contributed by atoms with Crippen LogP contribution in [0, 0.1) is 0 Å². The average molecular weight is 815 g/mol. The van der Waals surface area contributed by atoms with Gasteiger partial charge in [-0.25, -0.2) is 0 Å². The number of aromatic nitrogens is 1. The molecule has 0 spiro atoms. The van der Waals surface area contributed by atoms with Crippen molar-refractivity contribution in [2.45, 2.75) is 0 Å². The van der Waals surface area contributed by atoms with Crippen LogP contribution in [-0.4, -0.2) is 4.57 Å². The van der Waals surface area contributed by atoms with Crippen LogP contribution in [0.3, 0.4) is 0 Å². The van der Waals surface area contributed by atoms with E-state index in [9.17, 15) is 0 Å². The molecule has 1 heterocycles. The van der Waals surface area contributed by atoms with Crippen LogP contribution >= 0.6 is 0 Å². The van der Waals surface area contributed by atoms with Crippen LogP contribution in [0.15, 0.2) is 255 Å². The van der Waals surface area contributed by atoms with Crippen LogP contribution in [-0.2, 0) is 0 Å². The molecule has 0 radical (unpaired) electrons. The Bertz CT molecular complexity index is 3600. The molecule has 0 fully saturated rings. The summed E-state index contributed by atoms with van der Waals surface area (Å²) in [6.45, 7) is 0.